The molecular weight excluding hydrogens is 206 g/mol. The molecule has 90 valence electrons. The number of hydrogen-bond acceptors (Lipinski definition) is 3. The van der Waals surface area contributed by atoms with Gasteiger partial charge in [-0.1, -0.05) is 26.0 Å². The van der Waals surface area contributed by atoms with Gasteiger partial charge in [0.25, 0.3) is 0 Å². The number of carbonyl (C=O) groups is 2. The SMILES string of the molecule is CC(C)C(NC(=O)C1C=CC(N)C1)C(N)=O. The van der Waals surface area contributed by atoms with Crippen LogP contribution in [0, 0.1) is 11.8 Å². The number of carbonyl (C=O) groups excluding carboxylic acids is 2. The molecule has 0 bridgehead atoms. The van der Waals surface area contributed by atoms with E-state index in [0.29, 0.717) is 6.42 Å². The molecule has 1 aliphatic carbocycles. The van der Waals surface area contributed by atoms with Gasteiger partial charge in [0.15, 0.2) is 0 Å². The first kappa shape index (κ1) is 12.7. The molecule has 3 atom stereocenters. The molecule has 0 spiro atoms. The summed E-state index contributed by atoms with van der Waals surface area (Å²) in [5.74, 6) is -0.938. The van der Waals surface area contributed by atoms with Crippen LogP contribution in [0.5, 0.6) is 0 Å². The van der Waals surface area contributed by atoms with Crippen molar-refractivity contribution in [1.82, 2.24) is 5.32 Å². The number of primary amides is 1. The van der Waals surface area contributed by atoms with Crippen LogP contribution in [0.25, 0.3) is 0 Å². The van der Waals surface area contributed by atoms with Crippen LogP contribution in [0.4, 0.5) is 0 Å². The molecule has 3 unspecified atom stereocenters. The van der Waals surface area contributed by atoms with E-state index in [9.17, 15) is 9.59 Å². The Hall–Kier alpha value is -1.36. The first-order valence-corrected chi connectivity index (χ1v) is 5.45. The third-order valence-corrected chi connectivity index (χ3v) is 2.72. The highest BCUT2D eigenvalue weighted by molar-refractivity contribution is 5.88. The quantitative estimate of drug-likeness (QED) is 0.563. The molecular formula is C11H19N3O2. The van der Waals surface area contributed by atoms with E-state index >= 15 is 0 Å². The summed E-state index contributed by atoms with van der Waals surface area (Å²) in [5, 5.41) is 2.66. The van der Waals surface area contributed by atoms with Crippen molar-refractivity contribution in [2.45, 2.75) is 32.4 Å². The second kappa shape index (κ2) is 5.12. The summed E-state index contributed by atoms with van der Waals surface area (Å²) in [6.07, 6.45) is 4.17. The fourth-order valence-corrected chi connectivity index (χ4v) is 1.75. The summed E-state index contributed by atoms with van der Waals surface area (Å²) in [5.41, 5.74) is 10.9. The molecule has 5 nitrogen and oxygen atoms in total. The van der Waals surface area contributed by atoms with Crippen molar-refractivity contribution < 1.29 is 9.59 Å². The second-order valence-corrected chi connectivity index (χ2v) is 4.52. The highest BCUT2D eigenvalue weighted by Gasteiger charge is 2.27. The Bertz CT molecular complexity index is 312. The Morgan fingerprint density at radius 3 is 2.38 bits per heavy atom. The molecule has 0 heterocycles. The van der Waals surface area contributed by atoms with Crippen LogP contribution >= 0.6 is 0 Å². The topological polar surface area (TPSA) is 98.2 Å². The van der Waals surface area contributed by atoms with Crippen molar-refractivity contribution in [3.05, 3.63) is 12.2 Å². The van der Waals surface area contributed by atoms with E-state index in [1.165, 1.54) is 0 Å². The van der Waals surface area contributed by atoms with Crippen LogP contribution in [-0.2, 0) is 9.59 Å². The van der Waals surface area contributed by atoms with Crippen LogP contribution in [-0.4, -0.2) is 23.9 Å². The second-order valence-electron chi connectivity index (χ2n) is 4.52. The van der Waals surface area contributed by atoms with E-state index in [2.05, 4.69) is 5.32 Å². The first-order valence-electron chi connectivity index (χ1n) is 5.45. The van der Waals surface area contributed by atoms with Gasteiger partial charge in [-0.3, -0.25) is 9.59 Å². The fourth-order valence-electron chi connectivity index (χ4n) is 1.75. The number of nitrogens with one attached hydrogen (secondary N) is 1. The van der Waals surface area contributed by atoms with Crippen molar-refractivity contribution in [3.8, 4) is 0 Å². The molecule has 5 heteroatoms. The zero-order chi connectivity index (χ0) is 12.3. The van der Waals surface area contributed by atoms with Gasteiger partial charge in [-0.15, -0.1) is 0 Å². The maximum Gasteiger partial charge on any atom is 0.240 e. The molecule has 0 fully saturated rings. The standard InChI is InChI=1S/C11H19N3O2/c1-6(2)9(10(13)15)14-11(16)7-3-4-8(12)5-7/h3-4,6-9H,5,12H2,1-2H3,(H2,13,15)(H,14,16). The predicted molar refractivity (Wildman–Crippen MR) is 61.2 cm³/mol. The molecule has 0 aromatic heterocycles. The Morgan fingerprint density at radius 2 is 2.00 bits per heavy atom. The van der Waals surface area contributed by atoms with Gasteiger partial charge in [-0.2, -0.15) is 0 Å². The zero-order valence-corrected chi connectivity index (χ0v) is 9.64. The summed E-state index contributed by atoms with van der Waals surface area (Å²) in [6.45, 7) is 3.68. The minimum atomic E-state index is -0.613. The summed E-state index contributed by atoms with van der Waals surface area (Å²) in [6, 6.07) is -0.681. The lowest BCUT2D eigenvalue weighted by atomic mass is 10.0. The molecule has 5 N–H and O–H groups in total. The summed E-state index contributed by atoms with van der Waals surface area (Å²) in [4.78, 5) is 22.9. The molecule has 0 aliphatic heterocycles. The zero-order valence-electron chi connectivity index (χ0n) is 9.64. The largest absolute Gasteiger partial charge is 0.368 e. The minimum Gasteiger partial charge on any atom is -0.368 e. The highest BCUT2D eigenvalue weighted by Crippen LogP contribution is 2.17. The van der Waals surface area contributed by atoms with Gasteiger partial charge < -0.3 is 16.8 Å². The normalized spacial score (nSPS) is 25.8. The molecule has 1 aliphatic rings. The smallest absolute Gasteiger partial charge is 0.240 e. The van der Waals surface area contributed by atoms with E-state index in [0.717, 1.165) is 0 Å². The molecule has 0 aromatic carbocycles. The highest BCUT2D eigenvalue weighted by atomic mass is 16.2. The molecule has 0 aromatic rings. The average Bonchev–Trinajstić information content (AvgIpc) is 2.59. The Kier molecular flexibility index (Phi) is 4.06. The lowest BCUT2D eigenvalue weighted by Gasteiger charge is -2.20. The Labute approximate surface area is 95.2 Å². The van der Waals surface area contributed by atoms with Crippen LogP contribution < -0.4 is 16.8 Å². The molecule has 1 rings (SSSR count). The van der Waals surface area contributed by atoms with Crippen LogP contribution in [0.2, 0.25) is 0 Å². The monoisotopic (exact) mass is 225 g/mol. The molecule has 0 saturated carbocycles. The minimum absolute atomic E-state index is 0.0134. The van der Waals surface area contributed by atoms with E-state index in [1.807, 2.05) is 13.8 Å². The maximum atomic E-state index is 11.8. The predicted octanol–water partition coefficient (Wildman–Crippen LogP) is -0.484. The lowest BCUT2D eigenvalue weighted by Crippen LogP contribution is -2.49. The molecule has 2 amide bonds. The Balaban J connectivity index is 2.56. The van der Waals surface area contributed by atoms with Gasteiger partial charge in [0, 0.05) is 6.04 Å². The third kappa shape index (κ3) is 3.06. The maximum absolute atomic E-state index is 11.8. The van der Waals surface area contributed by atoms with Gasteiger partial charge in [0.2, 0.25) is 11.8 Å². The average molecular weight is 225 g/mol. The van der Waals surface area contributed by atoms with Crippen molar-refractivity contribution in [2.75, 3.05) is 0 Å². The fraction of sp³-hybridized carbons (Fsp3) is 0.636. The van der Waals surface area contributed by atoms with Crippen molar-refractivity contribution in [1.29, 1.82) is 0 Å². The van der Waals surface area contributed by atoms with E-state index in [4.69, 9.17) is 11.5 Å². The van der Waals surface area contributed by atoms with E-state index in [-0.39, 0.29) is 23.8 Å². The van der Waals surface area contributed by atoms with Crippen molar-refractivity contribution >= 4 is 11.8 Å². The number of hydrogen-bond donors (Lipinski definition) is 3. The molecule has 16 heavy (non-hydrogen) atoms. The van der Waals surface area contributed by atoms with Gasteiger partial charge in [-0.25, -0.2) is 0 Å². The van der Waals surface area contributed by atoms with Gasteiger partial charge in [0.1, 0.15) is 6.04 Å². The van der Waals surface area contributed by atoms with E-state index in [1.54, 1.807) is 12.2 Å². The van der Waals surface area contributed by atoms with Crippen LogP contribution in [0.1, 0.15) is 20.3 Å². The summed E-state index contributed by atoms with van der Waals surface area (Å²) < 4.78 is 0. The van der Waals surface area contributed by atoms with E-state index < -0.39 is 11.9 Å². The number of rotatable bonds is 4. The molecule has 0 radical (unpaired) electrons. The van der Waals surface area contributed by atoms with Crippen LogP contribution in [0.15, 0.2) is 12.2 Å². The van der Waals surface area contributed by atoms with Gasteiger partial charge >= 0.3 is 0 Å². The Morgan fingerprint density at radius 1 is 1.38 bits per heavy atom. The van der Waals surface area contributed by atoms with Crippen molar-refractivity contribution in [3.63, 3.8) is 0 Å². The van der Waals surface area contributed by atoms with Crippen molar-refractivity contribution in [2.24, 2.45) is 23.3 Å². The van der Waals surface area contributed by atoms with Gasteiger partial charge in [-0.05, 0) is 12.3 Å². The third-order valence-electron chi connectivity index (χ3n) is 2.72. The van der Waals surface area contributed by atoms with Crippen LogP contribution in [0.3, 0.4) is 0 Å². The number of nitrogens with two attached hydrogens (primary N) is 2. The summed E-state index contributed by atoms with van der Waals surface area (Å²) in [7, 11) is 0. The number of amides is 2. The summed E-state index contributed by atoms with van der Waals surface area (Å²) >= 11 is 0. The van der Waals surface area contributed by atoms with Gasteiger partial charge in [0.05, 0.1) is 5.92 Å². The lowest BCUT2D eigenvalue weighted by molar-refractivity contribution is -0.129. The molecule has 0 saturated heterocycles. The first-order chi connectivity index (χ1) is 7.41.